The topological polar surface area (TPSA) is 81.7 Å². The highest BCUT2D eigenvalue weighted by atomic mass is 28.3. The summed E-state index contributed by atoms with van der Waals surface area (Å²) in [6, 6.07) is 4.56. The number of hydrogen-bond acceptors (Lipinski definition) is 8. The number of benzene rings is 1. The predicted octanol–water partition coefficient (Wildman–Crippen LogP) is 5.86. The van der Waals surface area contributed by atoms with Crippen LogP contribution < -0.4 is 9.47 Å². The van der Waals surface area contributed by atoms with Crippen molar-refractivity contribution in [2.45, 2.75) is 90.1 Å². The van der Waals surface area contributed by atoms with E-state index in [9.17, 15) is 4.79 Å². The highest BCUT2D eigenvalue weighted by Gasteiger charge is 2.48. The first-order valence-electron chi connectivity index (χ1n) is 13.3. The zero-order valence-electron chi connectivity index (χ0n) is 24.5. The minimum absolute atomic E-state index is 0.0247. The largest absolute Gasteiger partial charge is 0.497 e. The Kier molecular flexibility index (Phi) is 11.9. The Morgan fingerprint density at radius 3 is 2.32 bits per heavy atom. The smallest absolute Gasteiger partial charge is 0.342 e. The molecule has 4 atom stereocenters. The van der Waals surface area contributed by atoms with Crippen LogP contribution in [0, 0.1) is 5.92 Å². The Morgan fingerprint density at radius 1 is 1.05 bits per heavy atom. The van der Waals surface area contributed by atoms with Crippen molar-refractivity contribution in [2.75, 3.05) is 41.3 Å². The van der Waals surface area contributed by atoms with E-state index in [-0.39, 0.29) is 30.9 Å². The fourth-order valence-corrected chi connectivity index (χ4v) is 5.31. The van der Waals surface area contributed by atoms with Crippen LogP contribution in [0.2, 0.25) is 25.7 Å². The molecule has 0 radical (unpaired) electrons. The Hall–Kier alpha value is -1.65. The van der Waals surface area contributed by atoms with Gasteiger partial charge in [-0.15, -0.1) is 0 Å². The van der Waals surface area contributed by atoms with Gasteiger partial charge in [-0.2, -0.15) is 0 Å². The van der Waals surface area contributed by atoms with Gasteiger partial charge in [0.15, 0.2) is 12.6 Å². The summed E-state index contributed by atoms with van der Waals surface area (Å²) in [6.07, 6.45) is 1.57. The molecule has 212 valence electrons. The molecule has 1 aromatic rings. The normalized spacial score (nSPS) is 24.2. The van der Waals surface area contributed by atoms with Gasteiger partial charge in [0.2, 0.25) is 0 Å². The molecular formula is C28H48O8Si. The molecule has 1 aromatic carbocycles. The first-order chi connectivity index (χ1) is 17.5. The van der Waals surface area contributed by atoms with E-state index in [0.717, 1.165) is 24.4 Å². The summed E-state index contributed by atoms with van der Waals surface area (Å²) in [4.78, 5) is 13.3. The molecule has 1 saturated carbocycles. The maximum Gasteiger partial charge on any atom is 0.342 e. The lowest BCUT2D eigenvalue weighted by atomic mass is 9.98. The number of hydrogen-bond donors (Lipinski definition) is 0. The maximum absolute atomic E-state index is 13.3. The monoisotopic (exact) mass is 540 g/mol. The van der Waals surface area contributed by atoms with Crippen molar-refractivity contribution in [3.05, 3.63) is 23.3 Å². The Labute approximate surface area is 224 Å². The molecule has 3 rings (SSSR count). The quantitative estimate of drug-likeness (QED) is 0.175. The van der Waals surface area contributed by atoms with Crippen LogP contribution in [-0.4, -0.2) is 73.4 Å². The van der Waals surface area contributed by atoms with Crippen LogP contribution in [0.3, 0.4) is 0 Å². The summed E-state index contributed by atoms with van der Waals surface area (Å²) in [7, 11) is 3.49. The summed E-state index contributed by atoms with van der Waals surface area (Å²) >= 11 is 0. The summed E-state index contributed by atoms with van der Waals surface area (Å²) in [5.41, 5.74) is 1.35. The van der Waals surface area contributed by atoms with Crippen LogP contribution in [0.25, 0.3) is 0 Å². The van der Waals surface area contributed by atoms with Crippen LogP contribution in [0.1, 0.15) is 62.4 Å². The zero-order valence-corrected chi connectivity index (χ0v) is 25.5. The van der Waals surface area contributed by atoms with Crippen LogP contribution >= 0.6 is 0 Å². The molecule has 0 spiro atoms. The lowest BCUT2D eigenvalue weighted by molar-refractivity contribution is -0.150. The van der Waals surface area contributed by atoms with Gasteiger partial charge in [0.1, 0.15) is 23.2 Å². The fourth-order valence-electron chi connectivity index (χ4n) is 4.60. The third kappa shape index (κ3) is 9.25. The summed E-state index contributed by atoms with van der Waals surface area (Å²) < 4.78 is 39.7. The van der Waals surface area contributed by atoms with E-state index >= 15 is 0 Å². The summed E-state index contributed by atoms with van der Waals surface area (Å²) in [5, 5.41) is 0. The van der Waals surface area contributed by atoms with Gasteiger partial charge in [-0.05, 0) is 56.2 Å². The van der Waals surface area contributed by atoms with Gasteiger partial charge in [0, 0.05) is 28.4 Å². The van der Waals surface area contributed by atoms with Gasteiger partial charge in [0.05, 0.1) is 26.4 Å². The van der Waals surface area contributed by atoms with Gasteiger partial charge in [-0.3, -0.25) is 0 Å². The molecule has 1 aliphatic heterocycles. The molecule has 1 heterocycles. The van der Waals surface area contributed by atoms with Crippen LogP contribution in [0.4, 0.5) is 0 Å². The van der Waals surface area contributed by atoms with E-state index in [4.69, 9.17) is 33.2 Å². The minimum Gasteiger partial charge on any atom is -0.497 e. The second kappa shape index (κ2) is 13.9. The molecule has 0 aromatic heterocycles. The maximum atomic E-state index is 13.3. The molecule has 9 heteroatoms. The Morgan fingerprint density at radius 2 is 1.73 bits per heavy atom. The lowest BCUT2D eigenvalue weighted by Gasteiger charge is -2.19. The molecule has 2 aliphatic rings. The molecule has 8 nitrogen and oxygen atoms in total. The zero-order chi connectivity index (χ0) is 27.8. The van der Waals surface area contributed by atoms with E-state index in [1.54, 1.807) is 27.4 Å². The van der Waals surface area contributed by atoms with Crippen molar-refractivity contribution in [3.8, 4) is 11.5 Å². The van der Waals surface area contributed by atoms with E-state index in [1.807, 2.05) is 33.8 Å². The van der Waals surface area contributed by atoms with Crippen LogP contribution in [0.15, 0.2) is 12.1 Å². The van der Waals surface area contributed by atoms with E-state index < -0.39 is 13.9 Å². The highest BCUT2D eigenvalue weighted by Crippen LogP contribution is 2.54. The number of carbonyl (C=O) groups is 1. The molecular weight excluding hydrogens is 492 g/mol. The number of carbonyl (C=O) groups excluding carboxylic acids is 1. The van der Waals surface area contributed by atoms with Crippen molar-refractivity contribution in [1.82, 2.24) is 0 Å². The van der Waals surface area contributed by atoms with Crippen molar-refractivity contribution in [3.63, 3.8) is 0 Å². The molecule has 2 unspecified atom stereocenters. The molecule has 2 fully saturated rings. The van der Waals surface area contributed by atoms with Gasteiger partial charge in [-0.25, -0.2) is 4.79 Å². The van der Waals surface area contributed by atoms with E-state index in [2.05, 4.69) is 19.6 Å². The molecule has 0 N–H and O–H groups in total. The van der Waals surface area contributed by atoms with Gasteiger partial charge < -0.3 is 33.2 Å². The van der Waals surface area contributed by atoms with Gasteiger partial charge in [-0.1, -0.05) is 33.5 Å². The molecule has 1 aliphatic carbocycles. The highest BCUT2D eigenvalue weighted by molar-refractivity contribution is 6.76. The third-order valence-electron chi connectivity index (χ3n) is 6.44. The van der Waals surface area contributed by atoms with Crippen LogP contribution in [0.5, 0.6) is 11.5 Å². The van der Waals surface area contributed by atoms with Crippen molar-refractivity contribution < 1.29 is 38.0 Å². The van der Waals surface area contributed by atoms with Gasteiger partial charge in [0.25, 0.3) is 0 Å². The average molecular weight is 541 g/mol. The van der Waals surface area contributed by atoms with Crippen molar-refractivity contribution in [1.29, 1.82) is 0 Å². The number of methoxy groups -OCH3 is 3. The molecule has 37 heavy (non-hydrogen) atoms. The second-order valence-corrected chi connectivity index (χ2v) is 16.7. The summed E-state index contributed by atoms with van der Waals surface area (Å²) in [6.45, 7) is 15.5. The first kappa shape index (κ1) is 31.6. The minimum atomic E-state index is -1.34. The SMILES string of the molecule is CC.COCOc1cc(OC)cc(C2CC2C[C@@H]2OC(C)(C)O[C@@H]2COC)c1C(=O)OCC[Si](C)(C)C. The average Bonchev–Trinajstić information content (AvgIpc) is 3.53. The standard InChI is InChI=1S/C26H42O8Si.C2H6/c1-26(2)33-21(23(34-26)15-28-3)12-17-11-19(17)20-13-18(30-5)14-22(32-16-29-4)24(20)25(27)31-9-10-35(6,7)8;1-2/h13-14,17,19,21,23H,9-12,15-16H2,1-8H3;1-2H3/t17?,19?,21-,23+;/m0./s1. The van der Waals surface area contributed by atoms with Crippen LogP contribution in [-0.2, 0) is 23.7 Å². The van der Waals surface area contributed by atoms with E-state index in [1.165, 1.54) is 0 Å². The van der Waals surface area contributed by atoms with Crippen molar-refractivity contribution >= 4 is 14.0 Å². The second-order valence-electron chi connectivity index (χ2n) is 11.1. The van der Waals surface area contributed by atoms with Gasteiger partial charge >= 0.3 is 5.97 Å². The molecule has 1 saturated heterocycles. The Balaban J connectivity index is 0.00000235. The number of esters is 1. The number of ether oxygens (including phenoxy) is 7. The summed E-state index contributed by atoms with van der Waals surface area (Å²) in [5.74, 6) is 0.563. The molecule has 0 bridgehead atoms. The van der Waals surface area contributed by atoms with E-state index in [0.29, 0.717) is 36.2 Å². The third-order valence-corrected chi connectivity index (χ3v) is 8.14. The lowest BCUT2D eigenvalue weighted by Crippen LogP contribution is -2.27. The Bertz CT molecular complexity index is 866. The fraction of sp³-hybridized carbons (Fsp3) is 0.750. The van der Waals surface area contributed by atoms with Crippen molar-refractivity contribution in [2.24, 2.45) is 5.92 Å². The molecule has 0 amide bonds. The number of rotatable bonds is 13. The first-order valence-corrected chi connectivity index (χ1v) is 17.0. The predicted molar refractivity (Wildman–Crippen MR) is 146 cm³/mol.